The number of hydrogen-bond acceptors (Lipinski definition) is 3. The molecule has 2 aromatic rings. The summed E-state index contributed by atoms with van der Waals surface area (Å²) < 4.78 is 0. The van der Waals surface area contributed by atoms with Crippen LogP contribution in [0.2, 0.25) is 0 Å². The van der Waals surface area contributed by atoms with Crippen LogP contribution in [-0.4, -0.2) is 22.6 Å². The lowest BCUT2D eigenvalue weighted by Crippen LogP contribution is -2.32. The smallest absolute Gasteiger partial charge is 0.0890 e. The zero-order chi connectivity index (χ0) is 13.8. The van der Waals surface area contributed by atoms with E-state index in [0.717, 1.165) is 35.4 Å². The summed E-state index contributed by atoms with van der Waals surface area (Å²) in [5.41, 5.74) is 4.11. The highest BCUT2D eigenvalue weighted by Gasteiger charge is 2.18. The Bertz CT molecular complexity index is 551. The third-order valence-electron chi connectivity index (χ3n) is 3.68. The van der Waals surface area contributed by atoms with Gasteiger partial charge in [-0.25, -0.2) is 9.97 Å². The molecule has 2 atom stereocenters. The molecule has 0 spiro atoms. The fraction of sp³-hybridized carbons (Fsp3) is 0.500. The van der Waals surface area contributed by atoms with Crippen molar-refractivity contribution in [3.05, 3.63) is 35.7 Å². The van der Waals surface area contributed by atoms with Crippen molar-refractivity contribution in [2.45, 2.75) is 46.1 Å². The zero-order valence-electron chi connectivity index (χ0n) is 12.3. The van der Waals surface area contributed by atoms with Crippen LogP contribution >= 0.6 is 0 Å². The third kappa shape index (κ3) is 3.10. The number of nitrogens with zero attached hydrogens (tertiary/aromatic N) is 2. The van der Waals surface area contributed by atoms with Gasteiger partial charge in [0.1, 0.15) is 0 Å². The molecule has 3 heteroatoms. The molecule has 1 heterocycles. The van der Waals surface area contributed by atoms with Crippen LogP contribution in [0.15, 0.2) is 24.3 Å². The van der Waals surface area contributed by atoms with Crippen LogP contribution in [0.3, 0.4) is 0 Å². The molecule has 0 amide bonds. The van der Waals surface area contributed by atoms with E-state index in [4.69, 9.17) is 4.98 Å². The Labute approximate surface area is 115 Å². The van der Waals surface area contributed by atoms with E-state index in [2.05, 4.69) is 38.0 Å². The molecule has 2 unspecified atom stereocenters. The quantitative estimate of drug-likeness (QED) is 0.891. The molecule has 0 saturated carbocycles. The van der Waals surface area contributed by atoms with E-state index in [0.29, 0.717) is 12.0 Å². The first-order valence-electron chi connectivity index (χ1n) is 7.10. The molecule has 102 valence electrons. The molecule has 1 aromatic carbocycles. The number of nitrogens with one attached hydrogen (secondary N) is 1. The van der Waals surface area contributed by atoms with Crippen molar-refractivity contribution < 1.29 is 0 Å². The van der Waals surface area contributed by atoms with E-state index in [1.165, 1.54) is 0 Å². The van der Waals surface area contributed by atoms with E-state index in [9.17, 15) is 0 Å². The summed E-state index contributed by atoms with van der Waals surface area (Å²) >= 11 is 0. The minimum absolute atomic E-state index is 0.364. The topological polar surface area (TPSA) is 37.8 Å². The predicted octanol–water partition coefficient (Wildman–Crippen LogP) is 3.43. The first-order valence-corrected chi connectivity index (χ1v) is 7.10. The van der Waals surface area contributed by atoms with Crippen molar-refractivity contribution in [3.63, 3.8) is 0 Å². The lowest BCUT2D eigenvalue weighted by atomic mass is 9.97. The van der Waals surface area contributed by atoms with Gasteiger partial charge in [0.05, 0.1) is 22.4 Å². The van der Waals surface area contributed by atoms with Gasteiger partial charge >= 0.3 is 0 Å². The monoisotopic (exact) mass is 257 g/mol. The van der Waals surface area contributed by atoms with Crippen LogP contribution in [0.1, 0.15) is 44.5 Å². The van der Waals surface area contributed by atoms with Crippen molar-refractivity contribution in [2.24, 2.45) is 0 Å². The highest BCUT2D eigenvalue weighted by Crippen LogP contribution is 2.22. The van der Waals surface area contributed by atoms with Crippen LogP contribution in [0, 0.1) is 6.92 Å². The standard InChI is InChI=1S/C16H23N3/c1-5-10-17-12(3)11(2)16-13(4)18-14-8-6-7-9-15(14)19-16/h6-9,11-12,17H,5,10H2,1-4H3. The van der Waals surface area contributed by atoms with Gasteiger partial charge < -0.3 is 5.32 Å². The molecule has 3 nitrogen and oxygen atoms in total. The summed E-state index contributed by atoms with van der Waals surface area (Å²) in [5.74, 6) is 0.364. The summed E-state index contributed by atoms with van der Waals surface area (Å²) in [6, 6.07) is 8.48. The molecule has 0 fully saturated rings. The molecule has 0 aliphatic heterocycles. The fourth-order valence-corrected chi connectivity index (χ4v) is 2.32. The van der Waals surface area contributed by atoms with Crippen LogP contribution < -0.4 is 5.32 Å². The third-order valence-corrected chi connectivity index (χ3v) is 3.68. The van der Waals surface area contributed by atoms with E-state index in [-0.39, 0.29) is 0 Å². The number of aromatic nitrogens is 2. The summed E-state index contributed by atoms with van der Waals surface area (Å²) in [6.45, 7) is 9.73. The van der Waals surface area contributed by atoms with Gasteiger partial charge in [0.15, 0.2) is 0 Å². The van der Waals surface area contributed by atoms with E-state index < -0.39 is 0 Å². The molecule has 0 aliphatic rings. The normalized spacial score (nSPS) is 14.5. The Morgan fingerprint density at radius 3 is 2.37 bits per heavy atom. The average Bonchev–Trinajstić information content (AvgIpc) is 2.43. The highest BCUT2D eigenvalue weighted by molar-refractivity contribution is 5.74. The summed E-state index contributed by atoms with van der Waals surface area (Å²) in [5, 5.41) is 3.54. The largest absolute Gasteiger partial charge is 0.314 e. The lowest BCUT2D eigenvalue weighted by molar-refractivity contribution is 0.473. The van der Waals surface area contributed by atoms with Gasteiger partial charge in [-0.3, -0.25) is 0 Å². The van der Waals surface area contributed by atoms with Crippen LogP contribution in [-0.2, 0) is 0 Å². The number of rotatable bonds is 5. The number of fused-ring (bicyclic) bond motifs is 1. The molecule has 1 aromatic heterocycles. The molecule has 2 rings (SSSR count). The number of hydrogen-bond donors (Lipinski definition) is 1. The van der Waals surface area contributed by atoms with Gasteiger partial charge in [0.25, 0.3) is 0 Å². The van der Waals surface area contributed by atoms with Crippen molar-refractivity contribution >= 4 is 11.0 Å². The van der Waals surface area contributed by atoms with E-state index in [1.807, 2.05) is 24.3 Å². The number of benzene rings is 1. The Kier molecular flexibility index (Phi) is 4.48. The predicted molar refractivity (Wildman–Crippen MR) is 80.4 cm³/mol. The van der Waals surface area contributed by atoms with Crippen LogP contribution in [0.4, 0.5) is 0 Å². The SMILES string of the molecule is CCCNC(C)C(C)c1nc2ccccc2nc1C. The minimum atomic E-state index is 0.364. The Morgan fingerprint density at radius 2 is 1.74 bits per heavy atom. The maximum Gasteiger partial charge on any atom is 0.0890 e. The van der Waals surface area contributed by atoms with Crippen LogP contribution in [0.25, 0.3) is 11.0 Å². The molecule has 0 aliphatic carbocycles. The van der Waals surface area contributed by atoms with E-state index >= 15 is 0 Å². The first kappa shape index (κ1) is 13.9. The number of aryl methyl sites for hydroxylation is 1. The summed E-state index contributed by atoms with van der Waals surface area (Å²) in [4.78, 5) is 9.47. The van der Waals surface area contributed by atoms with Gasteiger partial charge in [0, 0.05) is 12.0 Å². The molecule has 0 bridgehead atoms. The first-order chi connectivity index (χ1) is 9.13. The second kappa shape index (κ2) is 6.11. The molecule has 0 saturated heterocycles. The zero-order valence-corrected chi connectivity index (χ0v) is 12.3. The van der Waals surface area contributed by atoms with Crippen molar-refractivity contribution in [1.82, 2.24) is 15.3 Å². The van der Waals surface area contributed by atoms with Gasteiger partial charge in [-0.15, -0.1) is 0 Å². The second-order valence-corrected chi connectivity index (χ2v) is 5.21. The lowest BCUT2D eigenvalue weighted by Gasteiger charge is -2.22. The number of para-hydroxylation sites is 2. The minimum Gasteiger partial charge on any atom is -0.314 e. The Morgan fingerprint density at radius 1 is 1.11 bits per heavy atom. The molecular weight excluding hydrogens is 234 g/mol. The summed E-state index contributed by atoms with van der Waals surface area (Å²) in [7, 11) is 0. The van der Waals surface area contributed by atoms with Gasteiger partial charge in [-0.05, 0) is 38.9 Å². The van der Waals surface area contributed by atoms with Crippen molar-refractivity contribution in [3.8, 4) is 0 Å². The van der Waals surface area contributed by atoms with Crippen molar-refractivity contribution in [2.75, 3.05) is 6.54 Å². The summed E-state index contributed by atoms with van der Waals surface area (Å²) in [6.07, 6.45) is 1.15. The highest BCUT2D eigenvalue weighted by atomic mass is 14.9. The van der Waals surface area contributed by atoms with Crippen LogP contribution in [0.5, 0.6) is 0 Å². The van der Waals surface area contributed by atoms with Gasteiger partial charge in [-0.1, -0.05) is 26.0 Å². The molecule has 1 N–H and O–H groups in total. The molecule has 0 radical (unpaired) electrons. The fourth-order valence-electron chi connectivity index (χ4n) is 2.32. The maximum absolute atomic E-state index is 4.80. The van der Waals surface area contributed by atoms with Gasteiger partial charge in [-0.2, -0.15) is 0 Å². The van der Waals surface area contributed by atoms with E-state index in [1.54, 1.807) is 0 Å². The molecular formula is C16H23N3. The maximum atomic E-state index is 4.80. The Hall–Kier alpha value is -1.48. The molecule has 19 heavy (non-hydrogen) atoms. The van der Waals surface area contributed by atoms with Gasteiger partial charge in [0.2, 0.25) is 0 Å². The van der Waals surface area contributed by atoms with Crippen molar-refractivity contribution in [1.29, 1.82) is 0 Å². The Balaban J connectivity index is 2.30. The average molecular weight is 257 g/mol. The second-order valence-electron chi connectivity index (χ2n) is 5.21.